The molecular formula is C10H27N. The van der Waals surface area contributed by atoms with Gasteiger partial charge >= 0.3 is 0 Å². The number of hydrogen-bond donors (Lipinski definition) is 1. The van der Waals surface area contributed by atoms with Crippen LogP contribution in [0.15, 0.2) is 0 Å². The quantitative estimate of drug-likeness (QED) is 0.654. The van der Waals surface area contributed by atoms with Gasteiger partial charge in [-0.05, 0) is 0 Å². The van der Waals surface area contributed by atoms with Crippen molar-refractivity contribution in [2.24, 2.45) is 0 Å². The summed E-state index contributed by atoms with van der Waals surface area (Å²) in [4.78, 5) is 0. The molecule has 0 aromatic carbocycles. The predicted octanol–water partition coefficient (Wildman–Crippen LogP) is 3.45. The third kappa shape index (κ3) is 40.2. The average Bonchev–Trinajstić information content (AvgIpc) is 1.93. The summed E-state index contributed by atoms with van der Waals surface area (Å²) in [5, 5.41) is 3.31. The monoisotopic (exact) mass is 161 g/mol. The molecule has 11 heavy (non-hydrogen) atoms. The van der Waals surface area contributed by atoms with E-state index in [1.807, 2.05) is 27.7 Å². The zero-order chi connectivity index (χ0) is 9.86. The van der Waals surface area contributed by atoms with Crippen LogP contribution in [-0.2, 0) is 0 Å². The van der Waals surface area contributed by atoms with Gasteiger partial charge < -0.3 is 5.32 Å². The smallest absolute Gasteiger partial charge is 0.00127 e. The van der Waals surface area contributed by atoms with E-state index in [9.17, 15) is 0 Å². The first-order valence-electron chi connectivity index (χ1n) is 4.89. The molecule has 0 bridgehead atoms. The Kier molecular flexibility index (Phi) is 25.7. The van der Waals surface area contributed by atoms with Crippen LogP contribution in [0.3, 0.4) is 0 Å². The largest absolute Gasteiger partial charge is 0.312 e. The Morgan fingerprint density at radius 1 is 0.636 bits per heavy atom. The van der Waals surface area contributed by atoms with Crippen LogP contribution in [-0.4, -0.2) is 12.1 Å². The second-order valence-corrected chi connectivity index (χ2v) is 2.48. The van der Waals surface area contributed by atoms with Crippen molar-refractivity contribution in [1.29, 1.82) is 0 Å². The van der Waals surface area contributed by atoms with Crippen molar-refractivity contribution in [3.05, 3.63) is 0 Å². The van der Waals surface area contributed by atoms with Crippen LogP contribution >= 0.6 is 0 Å². The average molecular weight is 161 g/mol. The van der Waals surface area contributed by atoms with E-state index in [2.05, 4.69) is 33.0 Å². The number of hydrogen-bond acceptors (Lipinski definition) is 1. The molecule has 0 rings (SSSR count). The van der Waals surface area contributed by atoms with Crippen molar-refractivity contribution in [3.8, 4) is 0 Å². The van der Waals surface area contributed by atoms with E-state index < -0.39 is 0 Å². The molecule has 0 unspecified atom stereocenters. The number of rotatable bonds is 2. The van der Waals surface area contributed by atoms with Gasteiger partial charge in [0, 0.05) is 12.1 Å². The van der Waals surface area contributed by atoms with Gasteiger partial charge in [-0.2, -0.15) is 0 Å². The molecule has 0 atom stereocenters. The van der Waals surface area contributed by atoms with Gasteiger partial charge in [-0.3, -0.25) is 0 Å². The van der Waals surface area contributed by atoms with Crippen molar-refractivity contribution in [2.75, 3.05) is 0 Å². The molecule has 0 saturated carbocycles. The van der Waals surface area contributed by atoms with Crippen LogP contribution in [0.5, 0.6) is 0 Å². The van der Waals surface area contributed by atoms with Crippen molar-refractivity contribution < 1.29 is 0 Å². The summed E-state index contributed by atoms with van der Waals surface area (Å²) >= 11 is 0. The van der Waals surface area contributed by atoms with Gasteiger partial charge in [0.25, 0.3) is 0 Å². The molecular weight excluding hydrogens is 134 g/mol. The summed E-state index contributed by atoms with van der Waals surface area (Å²) in [6.45, 7) is 16.6. The van der Waals surface area contributed by atoms with Crippen LogP contribution < -0.4 is 5.32 Å². The van der Waals surface area contributed by atoms with Crippen molar-refractivity contribution in [3.63, 3.8) is 0 Å². The number of nitrogens with one attached hydrogen (secondary N) is 1. The summed E-state index contributed by atoms with van der Waals surface area (Å²) in [6.07, 6.45) is 0. The second-order valence-electron chi connectivity index (χ2n) is 2.48. The lowest BCUT2D eigenvalue weighted by molar-refractivity contribution is 0.518. The molecule has 1 nitrogen and oxygen atoms in total. The molecule has 0 radical (unpaired) electrons. The summed E-state index contributed by atoms with van der Waals surface area (Å²) in [6, 6.07) is 1.25. The molecule has 0 aromatic heterocycles. The fraction of sp³-hybridized carbons (Fsp3) is 1.00. The maximum absolute atomic E-state index is 3.31. The Balaban J connectivity index is -0.000000138. The van der Waals surface area contributed by atoms with Gasteiger partial charge in [0.2, 0.25) is 0 Å². The molecule has 0 spiro atoms. The van der Waals surface area contributed by atoms with Gasteiger partial charge in [0.1, 0.15) is 0 Å². The minimum atomic E-state index is 0.625. The highest BCUT2D eigenvalue weighted by molar-refractivity contribution is 4.55. The first-order chi connectivity index (χ1) is 5.13. The zero-order valence-corrected chi connectivity index (χ0v) is 9.65. The molecule has 0 fully saturated rings. The van der Waals surface area contributed by atoms with E-state index in [1.165, 1.54) is 0 Å². The Bertz CT molecular complexity index is 34.1. The molecule has 0 aromatic rings. The Hall–Kier alpha value is -0.0400. The van der Waals surface area contributed by atoms with Crippen LogP contribution in [0.25, 0.3) is 0 Å². The van der Waals surface area contributed by atoms with Crippen LogP contribution in [0.4, 0.5) is 0 Å². The lowest BCUT2D eigenvalue weighted by atomic mass is 10.3. The molecule has 1 heteroatoms. The van der Waals surface area contributed by atoms with Crippen molar-refractivity contribution >= 4 is 0 Å². The van der Waals surface area contributed by atoms with Gasteiger partial charge in [0.15, 0.2) is 0 Å². The summed E-state index contributed by atoms with van der Waals surface area (Å²) < 4.78 is 0. The van der Waals surface area contributed by atoms with Gasteiger partial charge in [0.05, 0.1) is 0 Å². The van der Waals surface area contributed by atoms with Crippen LogP contribution in [0, 0.1) is 0 Å². The van der Waals surface area contributed by atoms with Crippen LogP contribution in [0.2, 0.25) is 0 Å². The maximum Gasteiger partial charge on any atom is 0.00127 e. The third-order valence-electron chi connectivity index (χ3n) is 0.667. The fourth-order valence-electron chi connectivity index (χ4n) is 0.667. The first-order valence-corrected chi connectivity index (χ1v) is 4.89. The highest BCUT2D eigenvalue weighted by atomic mass is 14.9. The molecule has 0 amide bonds. The van der Waals surface area contributed by atoms with E-state index in [0.717, 1.165) is 0 Å². The van der Waals surface area contributed by atoms with Crippen LogP contribution in [0.1, 0.15) is 55.4 Å². The standard InChI is InChI=1S/C6H15N.2C2H6/c1-5(2)7-6(3)4;2*1-2/h5-7H,1-4H3;2*1-2H3. The normalized spacial score (nSPS) is 8.18. The highest BCUT2D eigenvalue weighted by Crippen LogP contribution is 1.80. The summed E-state index contributed by atoms with van der Waals surface area (Å²) in [7, 11) is 0. The topological polar surface area (TPSA) is 12.0 Å². The van der Waals surface area contributed by atoms with Gasteiger partial charge in [-0.15, -0.1) is 0 Å². The molecule has 0 aliphatic rings. The minimum absolute atomic E-state index is 0.625. The lowest BCUT2D eigenvalue weighted by Gasteiger charge is -2.10. The minimum Gasteiger partial charge on any atom is -0.312 e. The predicted molar refractivity (Wildman–Crippen MR) is 56.1 cm³/mol. The zero-order valence-electron chi connectivity index (χ0n) is 9.65. The van der Waals surface area contributed by atoms with Crippen molar-refractivity contribution in [1.82, 2.24) is 5.32 Å². The van der Waals surface area contributed by atoms with Gasteiger partial charge in [-0.25, -0.2) is 0 Å². The molecule has 72 valence electrons. The van der Waals surface area contributed by atoms with E-state index in [0.29, 0.717) is 12.1 Å². The van der Waals surface area contributed by atoms with Gasteiger partial charge in [-0.1, -0.05) is 55.4 Å². The Labute approximate surface area is 73.6 Å². The molecule has 0 aliphatic carbocycles. The molecule has 0 heterocycles. The summed E-state index contributed by atoms with van der Waals surface area (Å²) in [5.74, 6) is 0. The Morgan fingerprint density at radius 2 is 0.818 bits per heavy atom. The third-order valence-corrected chi connectivity index (χ3v) is 0.667. The van der Waals surface area contributed by atoms with Crippen molar-refractivity contribution in [2.45, 2.75) is 67.5 Å². The fourth-order valence-corrected chi connectivity index (χ4v) is 0.667. The lowest BCUT2D eigenvalue weighted by Crippen LogP contribution is -2.29. The Morgan fingerprint density at radius 3 is 0.818 bits per heavy atom. The molecule has 0 aliphatic heterocycles. The molecule has 1 N–H and O–H groups in total. The highest BCUT2D eigenvalue weighted by Gasteiger charge is 1.92. The van der Waals surface area contributed by atoms with E-state index in [1.54, 1.807) is 0 Å². The first kappa shape index (κ1) is 17.2. The summed E-state index contributed by atoms with van der Waals surface area (Å²) in [5.41, 5.74) is 0. The van der Waals surface area contributed by atoms with E-state index in [4.69, 9.17) is 0 Å². The van der Waals surface area contributed by atoms with E-state index >= 15 is 0 Å². The van der Waals surface area contributed by atoms with E-state index in [-0.39, 0.29) is 0 Å². The molecule has 0 saturated heterocycles. The second kappa shape index (κ2) is 16.5. The maximum atomic E-state index is 3.31. The SMILES string of the molecule is CC.CC.CC(C)NC(C)C.